The van der Waals surface area contributed by atoms with Gasteiger partial charge in [-0.05, 0) is 48.7 Å². The number of pyridine rings is 1. The van der Waals surface area contributed by atoms with Crippen LogP contribution in [0.2, 0.25) is 5.02 Å². The van der Waals surface area contributed by atoms with Crippen LogP contribution in [0, 0.1) is 11.6 Å². The van der Waals surface area contributed by atoms with Crippen molar-refractivity contribution in [2.24, 2.45) is 0 Å². The van der Waals surface area contributed by atoms with E-state index in [0.29, 0.717) is 10.6 Å². The summed E-state index contributed by atoms with van der Waals surface area (Å²) in [6.45, 7) is -1.43. The number of aromatic nitrogens is 1. The molecule has 4 atom stereocenters. The number of hydrogen-bond donors (Lipinski definition) is 4. The minimum atomic E-state index is -4.57. The SMILES string of the molecule is COC(=O)N[C@H](C(=O)Nc1cccc(F)c1CC[C@@H]1CN[C@H](COC(=O)NCC(F)(F)F)CO1)[C@@H](c1ccc(Cl)cc1)c1cnccc1F. The number of morpholine rings is 1. The third-order valence-electron chi connectivity index (χ3n) is 7.54. The molecule has 0 saturated carbocycles. The lowest BCUT2D eigenvalue weighted by atomic mass is 9.85. The Balaban J connectivity index is 1.45. The number of nitrogens with zero attached hydrogens (tertiary/aromatic N) is 1. The summed E-state index contributed by atoms with van der Waals surface area (Å²) >= 11 is 6.07. The van der Waals surface area contributed by atoms with Gasteiger partial charge in [-0.2, -0.15) is 13.2 Å². The van der Waals surface area contributed by atoms with E-state index in [1.807, 2.05) is 0 Å². The first-order valence-electron chi connectivity index (χ1n) is 14.9. The van der Waals surface area contributed by atoms with Crippen LogP contribution in [0.4, 0.5) is 37.2 Å². The maximum atomic E-state index is 15.2. The molecular weight excluding hydrogens is 681 g/mol. The van der Waals surface area contributed by atoms with Gasteiger partial charge < -0.3 is 35.5 Å². The monoisotopic (exact) mass is 713 g/mol. The van der Waals surface area contributed by atoms with Gasteiger partial charge in [0.15, 0.2) is 0 Å². The zero-order valence-electron chi connectivity index (χ0n) is 26.0. The van der Waals surface area contributed by atoms with E-state index in [1.165, 1.54) is 30.6 Å². The van der Waals surface area contributed by atoms with E-state index in [2.05, 4.69) is 20.9 Å². The molecule has 0 unspecified atom stereocenters. The van der Waals surface area contributed by atoms with Crippen LogP contribution in [0.15, 0.2) is 60.9 Å². The second kappa shape index (κ2) is 17.2. The maximum Gasteiger partial charge on any atom is 0.407 e. The Bertz CT molecular complexity index is 1590. The van der Waals surface area contributed by atoms with Crippen molar-refractivity contribution < 1.29 is 50.5 Å². The van der Waals surface area contributed by atoms with Crippen molar-refractivity contribution in [3.05, 3.63) is 94.3 Å². The van der Waals surface area contributed by atoms with Crippen molar-refractivity contribution in [3.8, 4) is 0 Å². The van der Waals surface area contributed by atoms with E-state index in [-0.39, 0.29) is 49.4 Å². The predicted octanol–water partition coefficient (Wildman–Crippen LogP) is 5.09. The van der Waals surface area contributed by atoms with Crippen molar-refractivity contribution in [1.29, 1.82) is 0 Å². The molecule has 11 nitrogen and oxygen atoms in total. The van der Waals surface area contributed by atoms with E-state index in [0.717, 1.165) is 13.2 Å². The number of anilines is 1. The molecule has 0 radical (unpaired) electrons. The molecule has 0 bridgehead atoms. The summed E-state index contributed by atoms with van der Waals surface area (Å²) in [5.74, 6) is -3.23. The Morgan fingerprint density at radius 2 is 1.84 bits per heavy atom. The number of ether oxygens (including phenoxy) is 3. The van der Waals surface area contributed by atoms with Gasteiger partial charge in [0.05, 0.1) is 25.9 Å². The second-order valence-corrected chi connectivity index (χ2v) is 11.4. The summed E-state index contributed by atoms with van der Waals surface area (Å²) in [6, 6.07) is 9.49. The number of amides is 3. The van der Waals surface area contributed by atoms with Crippen LogP contribution < -0.4 is 21.3 Å². The topological polar surface area (TPSA) is 140 Å². The molecule has 2 heterocycles. The van der Waals surface area contributed by atoms with Gasteiger partial charge in [0.1, 0.15) is 30.8 Å². The minimum absolute atomic E-state index is 0.00608. The number of alkyl halides is 3. The average molecular weight is 714 g/mol. The van der Waals surface area contributed by atoms with E-state index in [4.69, 9.17) is 25.8 Å². The first kappa shape index (κ1) is 37.3. The average Bonchev–Trinajstić information content (AvgIpc) is 3.07. The van der Waals surface area contributed by atoms with Crippen LogP contribution in [-0.2, 0) is 25.4 Å². The smallest absolute Gasteiger partial charge is 0.407 e. The molecule has 0 spiro atoms. The Morgan fingerprint density at radius 3 is 2.49 bits per heavy atom. The summed E-state index contributed by atoms with van der Waals surface area (Å²) in [5, 5.41) is 10.2. The molecule has 49 heavy (non-hydrogen) atoms. The number of alkyl carbamates (subject to hydrolysis) is 2. The Kier molecular flexibility index (Phi) is 13.1. The van der Waals surface area contributed by atoms with E-state index >= 15 is 8.78 Å². The molecule has 4 rings (SSSR count). The molecule has 1 saturated heterocycles. The Hall–Kier alpha value is -4.54. The standard InChI is InChI=1S/C32H33ClF5N5O6/c1-47-31(46)43-28(27(18-5-7-19(33)8-6-18)23-14-39-12-11-25(23)35)29(44)42-26-4-2-3-24(34)22(26)10-9-21-13-40-20(15-48-21)16-49-30(45)41-17-32(36,37)38/h2-8,11-12,14,20-21,27-28,40H,9-10,13,15-17H2,1H3,(H,41,45)(H,42,44)(H,43,46)/t20-,21+,27-,28-/m0/s1. The third-order valence-corrected chi connectivity index (χ3v) is 7.80. The number of carbonyl (C=O) groups is 3. The summed E-state index contributed by atoms with van der Waals surface area (Å²) in [6.07, 6.45) is -4.33. The maximum absolute atomic E-state index is 15.2. The van der Waals surface area contributed by atoms with Crippen molar-refractivity contribution >= 4 is 35.4 Å². The molecule has 2 aromatic carbocycles. The number of halogens is 6. The fraction of sp³-hybridized carbons (Fsp3) is 0.375. The summed E-state index contributed by atoms with van der Waals surface area (Å²) < 4.78 is 82.5. The zero-order chi connectivity index (χ0) is 35.6. The molecule has 0 aliphatic carbocycles. The van der Waals surface area contributed by atoms with Crippen LogP contribution >= 0.6 is 11.6 Å². The van der Waals surface area contributed by atoms with Gasteiger partial charge in [0.2, 0.25) is 5.91 Å². The molecule has 3 amide bonds. The first-order chi connectivity index (χ1) is 23.3. The van der Waals surface area contributed by atoms with Gasteiger partial charge in [-0.15, -0.1) is 0 Å². The fourth-order valence-electron chi connectivity index (χ4n) is 5.13. The summed E-state index contributed by atoms with van der Waals surface area (Å²) in [7, 11) is 1.10. The number of nitrogens with one attached hydrogen (secondary N) is 4. The first-order valence-corrected chi connectivity index (χ1v) is 15.3. The molecule has 1 fully saturated rings. The Labute approximate surface area is 282 Å². The Morgan fingerprint density at radius 1 is 1.08 bits per heavy atom. The lowest BCUT2D eigenvalue weighted by Gasteiger charge is -2.30. The molecule has 1 aromatic heterocycles. The van der Waals surface area contributed by atoms with Crippen LogP contribution in [0.3, 0.4) is 0 Å². The van der Waals surface area contributed by atoms with Gasteiger partial charge in [-0.1, -0.05) is 29.8 Å². The molecule has 3 aromatic rings. The molecule has 1 aliphatic rings. The quantitative estimate of drug-likeness (QED) is 0.191. The van der Waals surface area contributed by atoms with Crippen LogP contribution in [-0.4, -0.2) is 80.9 Å². The highest BCUT2D eigenvalue weighted by Gasteiger charge is 2.35. The molecule has 17 heteroatoms. The minimum Gasteiger partial charge on any atom is -0.453 e. The molecule has 4 N–H and O–H groups in total. The van der Waals surface area contributed by atoms with Gasteiger partial charge in [0, 0.05) is 46.7 Å². The number of hydrogen-bond acceptors (Lipinski definition) is 8. The lowest BCUT2D eigenvalue weighted by Crippen LogP contribution is -2.49. The molecule has 1 aliphatic heterocycles. The number of rotatable bonds is 12. The highest BCUT2D eigenvalue weighted by Crippen LogP contribution is 2.32. The number of benzene rings is 2. The van der Waals surface area contributed by atoms with Crippen molar-refractivity contribution in [2.45, 2.75) is 43.1 Å². The largest absolute Gasteiger partial charge is 0.453 e. The predicted molar refractivity (Wildman–Crippen MR) is 167 cm³/mol. The number of methoxy groups -OCH3 is 1. The summed E-state index contributed by atoms with van der Waals surface area (Å²) in [4.78, 5) is 41.9. The zero-order valence-corrected chi connectivity index (χ0v) is 26.7. The van der Waals surface area contributed by atoms with Crippen LogP contribution in [0.25, 0.3) is 0 Å². The van der Waals surface area contributed by atoms with Crippen LogP contribution in [0.1, 0.15) is 29.0 Å². The van der Waals surface area contributed by atoms with Crippen molar-refractivity contribution in [3.63, 3.8) is 0 Å². The highest BCUT2D eigenvalue weighted by molar-refractivity contribution is 6.30. The number of carbonyl (C=O) groups excluding carboxylic acids is 3. The van der Waals surface area contributed by atoms with Crippen molar-refractivity contribution in [2.75, 3.05) is 38.7 Å². The normalized spacial score (nSPS) is 17.4. The lowest BCUT2D eigenvalue weighted by molar-refractivity contribution is -0.124. The van der Waals surface area contributed by atoms with Gasteiger partial charge in [0.25, 0.3) is 0 Å². The van der Waals surface area contributed by atoms with Gasteiger partial charge in [-0.25, -0.2) is 18.4 Å². The van der Waals surface area contributed by atoms with E-state index in [1.54, 1.807) is 29.6 Å². The summed E-state index contributed by atoms with van der Waals surface area (Å²) in [5.41, 5.74) is 0.648. The van der Waals surface area contributed by atoms with E-state index in [9.17, 15) is 27.6 Å². The van der Waals surface area contributed by atoms with Crippen LogP contribution in [0.5, 0.6) is 0 Å². The van der Waals surface area contributed by atoms with Gasteiger partial charge in [-0.3, -0.25) is 9.78 Å². The second-order valence-electron chi connectivity index (χ2n) is 11.0. The van der Waals surface area contributed by atoms with Gasteiger partial charge >= 0.3 is 18.4 Å². The highest BCUT2D eigenvalue weighted by atomic mass is 35.5. The fourth-order valence-corrected chi connectivity index (χ4v) is 5.26. The third kappa shape index (κ3) is 11.0. The van der Waals surface area contributed by atoms with E-state index < -0.39 is 66.6 Å². The van der Waals surface area contributed by atoms with Crippen molar-refractivity contribution in [1.82, 2.24) is 20.9 Å². The molecule has 264 valence electrons. The molecular formula is C32H33ClF5N5O6.